The van der Waals surface area contributed by atoms with Crippen molar-refractivity contribution < 1.29 is 4.92 Å². The van der Waals surface area contributed by atoms with E-state index in [0.717, 1.165) is 42.1 Å². The Morgan fingerprint density at radius 1 is 1.55 bits per heavy atom. The van der Waals surface area contributed by atoms with Gasteiger partial charge < -0.3 is 4.90 Å². The van der Waals surface area contributed by atoms with Crippen molar-refractivity contribution >= 4 is 16.3 Å². The molecule has 1 aromatic rings. The SMILES string of the molecule is CN1CCC(N(C)C(C#N)c2ccc([N+](=O)[O-])s2)CC1. The summed E-state index contributed by atoms with van der Waals surface area (Å²) >= 11 is 1.09. The monoisotopic (exact) mass is 294 g/mol. The van der Waals surface area contributed by atoms with Crippen molar-refractivity contribution in [1.82, 2.24) is 9.80 Å². The number of rotatable bonds is 4. The number of hydrogen-bond acceptors (Lipinski definition) is 6. The summed E-state index contributed by atoms with van der Waals surface area (Å²) in [4.78, 5) is 15.4. The van der Waals surface area contributed by atoms with E-state index in [-0.39, 0.29) is 5.00 Å². The minimum Gasteiger partial charge on any atom is -0.306 e. The van der Waals surface area contributed by atoms with Crippen LogP contribution in [-0.2, 0) is 0 Å². The first-order chi connectivity index (χ1) is 9.52. The average Bonchev–Trinajstić information content (AvgIpc) is 2.90. The fourth-order valence-corrected chi connectivity index (χ4v) is 3.47. The van der Waals surface area contributed by atoms with Gasteiger partial charge in [0.15, 0.2) is 0 Å². The molecule has 0 saturated carbocycles. The zero-order chi connectivity index (χ0) is 14.7. The zero-order valence-corrected chi connectivity index (χ0v) is 12.5. The van der Waals surface area contributed by atoms with E-state index in [2.05, 4.69) is 22.9 Å². The van der Waals surface area contributed by atoms with Gasteiger partial charge in [0.1, 0.15) is 6.04 Å². The van der Waals surface area contributed by atoms with E-state index in [1.165, 1.54) is 6.07 Å². The molecule has 6 nitrogen and oxygen atoms in total. The van der Waals surface area contributed by atoms with E-state index >= 15 is 0 Å². The van der Waals surface area contributed by atoms with Crippen LogP contribution in [0.4, 0.5) is 5.00 Å². The number of nitrogens with zero attached hydrogens (tertiary/aromatic N) is 4. The Morgan fingerprint density at radius 3 is 2.70 bits per heavy atom. The summed E-state index contributed by atoms with van der Waals surface area (Å²) < 4.78 is 0. The highest BCUT2D eigenvalue weighted by Crippen LogP contribution is 2.33. The van der Waals surface area contributed by atoms with Gasteiger partial charge in [0.25, 0.3) is 0 Å². The predicted octanol–water partition coefficient (Wildman–Crippen LogP) is 2.25. The molecular formula is C13H18N4O2S. The molecule has 1 aliphatic rings. The number of piperidine rings is 1. The van der Waals surface area contributed by atoms with Gasteiger partial charge >= 0.3 is 5.00 Å². The highest BCUT2D eigenvalue weighted by atomic mass is 32.1. The first-order valence-corrected chi connectivity index (χ1v) is 7.38. The summed E-state index contributed by atoms with van der Waals surface area (Å²) in [6.07, 6.45) is 2.05. The first-order valence-electron chi connectivity index (χ1n) is 6.57. The lowest BCUT2D eigenvalue weighted by atomic mass is 10.0. The van der Waals surface area contributed by atoms with Gasteiger partial charge in [-0.15, -0.1) is 0 Å². The molecule has 1 unspecified atom stereocenters. The van der Waals surface area contributed by atoms with Gasteiger partial charge in [-0.3, -0.25) is 15.0 Å². The van der Waals surface area contributed by atoms with E-state index in [0.29, 0.717) is 6.04 Å². The summed E-state index contributed by atoms with van der Waals surface area (Å²) in [5, 5.41) is 20.3. The van der Waals surface area contributed by atoms with E-state index in [4.69, 9.17) is 0 Å². The smallest absolute Gasteiger partial charge is 0.306 e. The van der Waals surface area contributed by atoms with Gasteiger partial charge in [-0.1, -0.05) is 11.3 Å². The van der Waals surface area contributed by atoms with Crippen LogP contribution < -0.4 is 0 Å². The van der Waals surface area contributed by atoms with Crippen LogP contribution in [0.25, 0.3) is 0 Å². The van der Waals surface area contributed by atoms with Crippen LogP contribution in [0.3, 0.4) is 0 Å². The lowest BCUT2D eigenvalue weighted by molar-refractivity contribution is -0.380. The summed E-state index contributed by atoms with van der Waals surface area (Å²) in [6, 6.07) is 5.41. The Kier molecular flexibility index (Phi) is 4.70. The Hall–Kier alpha value is -1.49. The molecule has 20 heavy (non-hydrogen) atoms. The van der Waals surface area contributed by atoms with E-state index in [9.17, 15) is 15.4 Å². The third-order valence-corrected chi connectivity index (χ3v) is 4.94. The summed E-state index contributed by atoms with van der Waals surface area (Å²) in [5.74, 6) is 0. The van der Waals surface area contributed by atoms with Gasteiger partial charge in [-0.25, -0.2) is 0 Å². The van der Waals surface area contributed by atoms with Crippen molar-refractivity contribution in [3.05, 3.63) is 27.1 Å². The highest BCUT2D eigenvalue weighted by molar-refractivity contribution is 7.15. The molecule has 2 heterocycles. The van der Waals surface area contributed by atoms with Crippen LogP contribution in [0.1, 0.15) is 23.8 Å². The molecule has 0 spiro atoms. The van der Waals surface area contributed by atoms with Crippen molar-refractivity contribution in [1.29, 1.82) is 5.26 Å². The van der Waals surface area contributed by atoms with Crippen molar-refractivity contribution in [3.63, 3.8) is 0 Å². The number of nitro groups is 1. The summed E-state index contributed by atoms with van der Waals surface area (Å²) in [7, 11) is 4.04. The Bertz CT molecular complexity index is 517. The second kappa shape index (κ2) is 6.31. The van der Waals surface area contributed by atoms with Crippen LogP contribution >= 0.6 is 11.3 Å². The molecule has 0 aromatic carbocycles. The second-order valence-corrected chi connectivity index (χ2v) is 6.26. The molecule has 0 bridgehead atoms. The standard InChI is InChI=1S/C13H18N4O2S/c1-15-7-5-10(6-8-15)16(2)11(9-14)12-3-4-13(20-12)17(18)19/h3-4,10-11H,5-8H2,1-2H3. The second-order valence-electron chi connectivity index (χ2n) is 5.16. The third-order valence-electron chi connectivity index (χ3n) is 3.86. The van der Waals surface area contributed by atoms with Gasteiger partial charge in [-0.05, 0) is 46.1 Å². The molecule has 1 fully saturated rings. The van der Waals surface area contributed by atoms with Gasteiger partial charge in [-0.2, -0.15) is 5.26 Å². The number of thiophene rings is 1. The molecule has 0 amide bonds. The highest BCUT2D eigenvalue weighted by Gasteiger charge is 2.28. The molecule has 108 valence electrons. The Balaban J connectivity index is 2.10. The fraction of sp³-hybridized carbons (Fsp3) is 0.615. The minimum atomic E-state index is -0.405. The van der Waals surface area contributed by atoms with Crippen molar-refractivity contribution in [3.8, 4) is 6.07 Å². The molecule has 0 N–H and O–H groups in total. The van der Waals surface area contributed by atoms with Crippen LogP contribution in [-0.4, -0.2) is 47.9 Å². The molecule has 0 radical (unpaired) electrons. The molecule has 1 saturated heterocycles. The largest absolute Gasteiger partial charge is 0.324 e. The lowest BCUT2D eigenvalue weighted by Gasteiger charge is -2.36. The van der Waals surface area contributed by atoms with Crippen molar-refractivity contribution in [2.45, 2.75) is 24.9 Å². The van der Waals surface area contributed by atoms with Crippen molar-refractivity contribution in [2.24, 2.45) is 0 Å². The molecule has 7 heteroatoms. The first kappa shape index (κ1) is 14.9. The quantitative estimate of drug-likeness (QED) is 0.629. The zero-order valence-electron chi connectivity index (χ0n) is 11.7. The summed E-state index contributed by atoms with van der Waals surface area (Å²) in [5.41, 5.74) is 0. The maximum atomic E-state index is 10.7. The Labute approximate surface area is 122 Å². The Morgan fingerprint density at radius 2 is 2.20 bits per heavy atom. The van der Waals surface area contributed by atoms with Crippen LogP contribution in [0, 0.1) is 21.4 Å². The number of hydrogen-bond donors (Lipinski definition) is 0. The number of nitriles is 1. The third kappa shape index (κ3) is 3.15. The van der Waals surface area contributed by atoms with E-state index < -0.39 is 11.0 Å². The lowest BCUT2D eigenvalue weighted by Crippen LogP contribution is -2.43. The van der Waals surface area contributed by atoms with Crippen LogP contribution in [0.5, 0.6) is 0 Å². The topological polar surface area (TPSA) is 73.4 Å². The molecule has 2 rings (SSSR count). The maximum Gasteiger partial charge on any atom is 0.324 e. The fourth-order valence-electron chi connectivity index (χ4n) is 2.56. The van der Waals surface area contributed by atoms with Gasteiger partial charge in [0.05, 0.1) is 11.0 Å². The van der Waals surface area contributed by atoms with Gasteiger partial charge in [0.2, 0.25) is 0 Å². The molecule has 0 aliphatic carbocycles. The minimum absolute atomic E-state index is 0.0945. The summed E-state index contributed by atoms with van der Waals surface area (Å²) in [6.45, 7) is 2.05. The van der Waals surface area contributed by atoms with Crippen LogP contribution in [0.15, 0.2) is 12.1 Å². The van der Waals surface area contributed by atoms with Crippen molar-refractivity contribution in [2.75, 3.05) is 27.2 Å². The predicted molar refractivity (Wildman–Crippen MR) is 77.6 cm³/mol. The molecule has 1 aliphatic heterocycles. The van der Waals surface area contributed by atoms with Gasteiger partial charge in [0, 0.05) is 17.0 Å². The maximum absolute atomic E-state index is 10.7. The van der Waals surface area contributed by atoms with Crippen LogP contribution in [0.2, 0.25) is 0 Å². The molecule has 1 atom stereocenters. The molecule has 1 aromatic heterocycles. The normalized spacial score (nSPS) is 18.9. The molecular weight excluding hydrogens is 276 g/mol. The van der Waals surface area contributed by atoms with E-state index in [1.54, 1.807) is 6.07 Å². The average molecular weight is 294 g/mol. The van der Waals surface area contributed by atoms with E-state index in [1.807, 2.05) is 7.05 Å². The number of likely N-dealkylation sites (tertiary alicyclic amines) is 1.